The second-order valence-corrected chi connectivity index (χ2v) is 5.88. The minimum atomic E-state index is 0.0443. The summed E-state index contributed by atoms with van der Waals surface area (Å²) in [5.74, 6) is 1.66. The lowest BCUT2D eigenvalue weighted by molar-refractivity contribution is 0.269. The minimum Gasteiger partial charge on any atom is -0.394 e. The number of nitrogens with zero attached hydrogens (tertiary/aromatic N) is 4. The summed E-state index contributed by atoms with van der Waals surface area (Å²) in [5.41, 5.74) is 0.756. The van der Waals surface area contributed by atoms with Crippen LogP contribution in [0.25, 0.3) is 0 Å². The summed E-state index contributed by atoms with van der Waals surface area (Å²) >= 11 is 6.15. The number of nitrogens with one attached hydrogen (secondary N) is 3. The Morgan fingerprint density at radius 1 is 1.43 bits per heavy atom. The van der Waals surface area contributed by atoms with Crippen molar-refractivity contribution in [3.63, 3.8) is 0 Å². The molecule has 9 heteroatoms. The Kier molecular flexibility index (Phi) is 5.27. The molecule has 0 spiro atoms. The number of anilines is 3. The van der Waals surface area contributed by atoms with Crippen LogP contribution in [-0.4, -0.2) is 51.1 Å². The van der Waals surface area contributed by atoms with Gasteiger partial charge in [-0.05, 0) is 25.4 Å². The Balaban J connectivity index is 1.63. The van der Waals surface area contributed by atoms with Gasteiger partial charge < -0.3 is 21.1 Å². The number of aliphatic hydroxyl groups is 1. The van der Waals surface area contributed by atoms with Crippen molar-refractivity contribution >= 4 is 29.1 Å². The smallest absolute Gasteiger partial charge is 0.229 e. The van der Waals surface area contributed by atoms with Crippen molar-refractivity contribution in [2.45, 2.75) is 13.0 Å². The van der Waals surface area contributed by atoms with Gasteiger partial charge in [0.15, 0.2) is 5.82 Å². The minimum absolute atomic E-state index is 0.0443. The maximum atomic E-state index is 8.90. The summed E-state index contributed by atoms with van der Waals surface area (Å²) in [4.78, 5) is 8.59. The molecule has 23 heavy (non-hydrogen) atoms. The molecular formula is C14H20ClN7O. The zero-order chi connectivity index (χ0) is 16.1. The van der Waals surface area contributed by atoms with E-state index < -0.39 is 0 Å². The van der Waals surface area contributed by atoms with Gasteiger partial charge in [-0.1, -0.05) is 11.6 Å². The molecule has 1 aliphatic rings. The van der Waals surface area contributed by atoms with E-state index in [0.717, 1.165) is 31.7 Å². The van der Waals surface area contributed by atoms with E-state index in [1.54, 1.807) is 23.3 Å². The van der Waals surface area contributed by atoms with Crippen molar-refractivity contribution in [1.29, 1.82) is 0 Å². The van der Waals surface area contributed by atoms with Crippen molar-refractivity contribution in [2.75, 3.05) is 36.9 Å². The van der Waals surface area contributed by atoms with Crippen LogP contribution in [0.1, 0.15) is 6.42 Å². The molecular weight excluding hydrogens is 318 g/mol. The van der Waals surface area contributed by atoms with Gasteiger partial charge >= 0.3 is 0 Å². The summed E-state index contributed by atoms with van der Waals surface area (Å²) in [6.07, 6.45) is 6.17. The fourth-order valence-electron chi connectivity index (χ4n) is 2.46. The zero-order valence-corrected chi connectivity index (χ0v) is 13.4. The molecule has 0 bridgehead atoms. The van der Waals surface area contributed by atoms with Crippen molar-refractivity contribution in [3.8, 4) is 0 Å². The third kappa shape index (κ3) is 4.31. The standard InChI is InChI=1S/C14H20ClN7O/c15-12-8-18-14(20-11-7-19-22(9-11)3-4-23)21-13(12)17-6-10-1-2-16-5-10/h7-10,16,23H,1-6H2,(H2,17,18,20,21)/t10-/m0/s1. The summed E-state index contributed by atoms with van der Waals surface area (Å²) in [6, 6.07) is 0. The van der Waals surface area contributed by atoms with Crippen LogP contribution in [-0.2, 0) is 6.54 Å². The van der Waals surface area contributed by atoms with Crippen LogP contribution in [0, 0.1) is 5.92 Å². The number of aliphatic hydroxyl groups excluding tert-OH is 1. The predicted molar refractivity (Wildman–Crippen MR) is 89.1 cm³/mol. The van der Waals surface area contributed by atoms with E-state index in [2.05, 4.69) is 31.0 Å². The van der Waals surface area contributed by atoms with E-state index in [1.165, 1.54) is 0 Å². The van der Waals surface area contributed by atoms with Gasteiger partial charge in [0.25, 0.3) is 0 Å². The lowest BCUT2D eigenvalue weighted by Crippen LogP contribution is -2.18. The normalized spacial score (nSPS) is 17.4. The van der Waals surface area contributed by atoms with Crippen LogP contribution in [0.2, 0.25) is 5.02 Å². The van der Waals surface area contributed by atoms with E-state index in [-0.39, 0.29) is 6.61 Å². The molecule has 2 aromatic rings. The Labute approximate surface area is 139 Å². The highest BCUT2D eigenvalue weighted by atomic mass is 35.5. The number of halogens is 1. The molecule has 0 saturated carbocycles. The molecule has 0 radical (unpaired) electrons. The van der Waals surface area contributed by atoms with E-state index in [1.807, 2.05) is 0 Å². The van der Waals surface area contributed by atoms with Crippen LogP contribution < -0.4 is 16.0 Å². The first-order valence-corrected chi connectivity index (χ1v) is 8.00. The predicted octanol–water partition coefficient (Wildman–Crippen LogP) is 1.08. The van der Waals surface area contributed by atoms with E-state index >= 15 is 0 Å². The maximum Gasteiger partial charge on any atom is 0.229 e. The van der Waals surface area contributed by atoms with Crippen molar-refractivity contribution < 1.29 is 5.11 Å². The topological polar surface area (TPSA) is 99.9 Å². The lowest BCUT2D eigenvalue weighted by Gasteiger charge is -2.12. The number of hydrogen-bond acceptors (Lipinski definition) is 7. The summed E-state index contributed by atoms with van der Waals surface area (Å²) in [7, 11) is 0. The molecule has 2 aromatic heterocycles. The van der Waals surface area contributed by atoms with Crippen molar-refractivity contribution in [1.82, 2.24) is 25.1 Å². The molecule has 4 N–H and O–H groups in total. The molecule has 3 rings (SSSR count). The first kappa shape index (κ1) is 16.0. The van der Waals surface area contributed by atoms with E-state index in [9.17, 15) is 0 Å². The largest absolute Gasteiger partial charge is 0.394 e. The van der Waals surface area contributed by atoms with Crippen molar-refractivity contribution in [2.24, 2.45) is 5.92 Å². The summed E-state index contributed by atoms with van der Waals surface area (Å²) < 4.78 is 1.64. The van der Waals surface area contributed by atoms with Gasteiger partial charge in [-0.25, -0.2) is 4.98 Å². The number of aromatic nitrogens is 4. The van der Waals surface area contributed by atoms with Crippen LogP contribution in [0.15, 0.2) is 18.6 Å². The van der Waals surface area contributed by atoms with Gasteiger partial charge in [0.1, 0.15) is 5.02 Å². The maximum absolute atomic E-state index is 8.90. The molecule has 0 amide bonds. The van der Waals surface area contributed by atoms with Gasteiger partial charge in [0, 0.05) is 12.7 Å². The molecule has 8 nitrogen and oxygen atoms in total. The van der Waals surface area contributed by atoms with Gasteiger partial charge in [0.2, 0.25) is 5.95 Å². The molecule has 0 aromatic carbocycles. The summed E-state index contributed by atoms with van der Waals surface area (Å²) in [6.45, 7) is 3.41. The van der Waals surface area contributed by atoms with Crippen molar-refractivity contribution in [3.05, 3.63) is 23.6 Å². The van der Waals surface area contributed by atoms with Crippen LogP contribution in [0.5, 0.6) is 0 Å². The molecule has 1 fully saturated rings. The number of rotatable bonds is 7. The fraction of sp³-hybridized carbons (Fsp3) is 0.500. The summed E-state index contributed by atoms with van der Waals surface area (Å²) in [5, 5.41) is 23.2. The highest BCUT2D eigenvalue weighted by molar-refractivity contribution is 6.32. The second kappa shape index (κ2) is 7.58. The Hall–Kier alpha value is -1.90. The highest BCUT2D eigenvalue weighted by Crippen LogP contribution is 2.22. The van der Waals surface area contributed by atoms with Crippen LogP contribution in [0.3, 0.4) is 0 Å². The van der Waals surface area contributed by atoms with Gasteiger partial charge in [-0.15, -0.1) is 0 Å². The monoisotopic (exact) mass is 337 g/mol. The second-order valence-electron chi connectivity index (χ2n) is 5.47. The molecule has 1 atom stereocenters. The molecule has 0 unspecified atom stereocenters. The average molecular weight is 338 g/mol. The van der Waals surface area contributed by atoms with Crippen LogP contribution >= 0.6 is 11.6 Å². The van der Waals surface area contributed by atoms with Gasteiger partial charge in [-0.3, -0.25) is 4.68 Å². The zero-order valence-electron chi connectivity index (χ0n) is 12.7. The third-order valence-electron chi connectivity index (χ3n) is 3.68. The molecule has 1 saturated heterocycles. The number of hydrogen-bond donors (Lipinski definition) is 4. The van der Waals surface area contributed by atoms with E-state index in [0.29, 0.717) is 29.3 Å². The van der Waals surface area contributed by atoms with Crippen LogP contribution in [0.4, 0.5) is 17.5 Å². The third-order valence-corrected chi connectivity index (χ3v) is 3.96. The Morgan fingerprint density at radius 2 is 2.35 bits per heavy atom. The molecule has 0 aliphatic carbocycles. The van der Waals surface area contributed by atoms with Gasteiger partial charge in [-0.2, -0.15) is 10.1 Å². The Morgan fingerprint density at radius 3 is 3.13 bits per heavy atom. The molecule has 124 valence electrons. The van der Waals surface area contributed by atoms with Gasteiger partial charge in [0.05, 0.1) is 31.2 Å². The average Bonchev–Trinajstić information content (AvgIpc) is 3.20. The first-order valence-electron chi connectivity index (χ1n) is 7.62. The lowest BCUT2D eigenvalue weighted by atomic mass is 10.1. The fourth-order valence-corrected chi connectivity index (χ4v) is 2.62. The van der Waals surface area contributed by atoms with E-state index in [4.69, 9.17) is 16.7 Å². The highest BCUT2D eigenvalue weighted by Gasteiger charge is 2.15. The Bertz CT molecular complexity index is 642. The molecule has 1 aliphatic heterocycles. The first-order chi connectivity index (χ1) is 11.2. The molecule has 3 heterocycles. The SMILES string of the molecule is OCCn1cc(Nc2ncc(Cl)c(NC[C@H]3CCNC3)n2)cn1. The quantitative estimate of drug-likeness (QED) is 0.600.